The minimum absolute atomic E-state index is 0.122. The molecule has 1 aromatic heterocycles. The molecule has 6 heteroatoms. The number of halogens is 3. The Morgan fingerprint density at radius 1 is 1.25 bits per heavy atom. The van der Waals surface area contributed by atoms with Crippen LogP contribution in [-0.2, 0) is 6.42 Å². The van der Waals surface area contributed by atoms with Gasteiger partial charge < -0.3 is 5.32 Å². The molecule has 2 aromatic rings. The molecule has 0 aliphatic carbocycles. The Morgan fingerprint density at radius 2 is 2.00 bits per heavy atom. The van der Waals surface area contributed by atoms with Gasteiger partial charge in [-0.3, -0.25) is 0 Å². The van der Waals surface area contributed by atoms with E-state index in [2.05, 4.69) is 10.3 Å². The molecular weight excluding hydrogens is 285 g/mol. The summed E-state index contributed by atoms with van der Waals surface area (Å²) in [5.74, 6) is -3.74. The number of aryl methyl sites for hydroxylation is 1. The number of thiazole rings is 1. The summed E-state index contributed by atoms with van der Waals surface area (Å²) >= 11 is 1.50. The summed E-state index contributed by atoms with van der Waals surface area (Å²) in [4.78, 5) is 4.32. The van der Waals surface area contributed by atoms with Gasteiger partial charge in [0.1, 0.15) is 0 Å². The number of hydrogen-bond donors (Lipinski definition) is 1. The maximum atomic E-state index is 13.9. The van der Waals surface area contributed by atoms with E-state index in [1.54, 1.807) is 0 Å². The Balaban J connectivity index is 2.31. The summed E-state index contributed by atoms with van der Waals surface area (Å²) in [5.41, 5.74) is 0.930. The van der Waals surface area contributed by atoms with E-state index in [0.717, 1.165) is 16.8 Å². The monoisotopic (exact) mass is 300 g/mol. The van der Waals surface area contributed by atoms with Gasteiger partial charge >= 0.3 is 0 Å². The van der Waals surface area contributed by atoms with Crippen molar-refractivity contribution in [2.75, 3.05) is 6.54 Å². The van der Waals surface area contributed by atoms with Crippen LogP contribution in [0.15, 0.2) is 17.5 Å². The van der Waals surface area contributed by atoms with E-state index in [0.29, 0.717) is 13.0 Å². The molecule has 0 saturated heterocycles. The fraction of sp³-hybridized carbons (Fsp3) is 0.357. The van der Waals surface area contributed by atoms with E-state index in [9.17, 15) is 13.2 Å². The number of nitrogens with zero attached hydrogens (tertiary/aromatic N) is 1. The Labute approximate surface area is 119 Å². The average molecular weight is 300 g/mol. The number of rotatable bonds is 5. The van der Waals surface area contributed by atoms with Gasteiger partial charge in [0, 0.05) is 23.4 Å². The lowest BCUT2D eigenvalue weighted by molar-refractivity contribution is 0.424. The van der Waals surface area contributed by atoms with Crippen LogP contribution in [0.5, 0.6) is 0 Å². The highest BCUT2D eigenvalue weighted by Gasteiger charge is 2.21. The third kappa shape index (κ3) is 3.19. The van der Waals surface area contributed by atoms with Crippen LogP contribution in [0.1, 0.15) is 29.2 Å². The van der Waals surface area contributed by atoms with Crippen molar-refractivity contribution in [2.45, 2.75) is 26.3 Å². The van der Waals surface area contributed by atoms with Gasteiger partial charge in [0.25, 0.3) is 0 Å². The molecule has 2 nitrogen and oxygen atoms in total. The van der Waals surface area contributed by atoms with Crippen LogP contribution < -0.4 is 5.32 Å². The quantitative estimate of drug-likeness (QED) is 0.850. The number of benzene rings is 1. The lowest BCUT2D eigenvalue weighted by Gasteiger charge is -2.18. The van der Waals surface area contributed by atoms with Crippen molar-refractivity contribution < 1.29 is 13.2 Å². The van der Waals surface area contributed by atoms with E-state index in [1.807, 2.05) is 19.2 Å². The molecule has 1 aromatic carbocycles. The minimum Gasteiger partial charge on any atom is -0.310 e. The van der Waals surface area contributed by atoms with Crippen molar-refractivity contribution >= 4 is 11.3 Å². The van der Waals surface area contributed by atoms with Crippen LogP contribution in [0.4, 0.5) is 13.2 Å². The van der Waals surface area contributed by atoms with Gasteiger partial charge in [-0.15, -0.1) is 11.3 Å². The van der Waals surface area contributed by atoms with Gasteiger partial charge in [-0.1, -0.05) is 13.0 Å². The normalized spacial score (nSPS) is 12.7. The summed E-state index contributed by atoms with van der Waals surface area (Å²) in [5, 5.41) is 5.88. The van der Waals surface area contributed by atoms with Crippen LogP contribution >= 0.6 is 11.3 Å². The summed E-state index contributed by atoms with van der Waals surface area (Å²) in [6.45, 7) is 4.35. The summed E-state index contributed by atoms with van der Waals surface area (Å²) in [6.07, 6.45) is 0.431. The zero-order valence-corrected chi connectivity index (χ0v) is 12.0. The van der Waals surface area contributed by atoms with Crippen molar-refractivity contribution in [1.82, 2.24) is 10.3 Å². The molecule has 0 radical (unpaired) electrons. The third-order valence-electron chi connectivity index (χ3n) is 2.97. The molecule has 20 heavy (non-hydrogen) atoms. The van der Waals surface area contributed by atoms with Crippen molar-refractivity contribution in [2.24, 2.45) is 0 Å². The van der Waals surface area contributed by atoms with Crippen molar-refractivity contribution in [3.8, 4) is 0 Å². The molecule has 1 unspecified atom stereocenters. The zero-order chi connectivity index (χ0) is 14.7. The second-order valence-corrected chi connectivity index (χ2v) is 5.50. The van der Waals surface area contributed by atoms with E-state index in [-0.39, 0.29) is 5.56 Å². The summed E-state index contributed by atoms with van der Waals surface area (Å²) < 4.78 is 40.2. The lowest BCUT2D eigenvalue weighted by Crippen LogP contribution is -2.24. The number of likely N-dealkylation sites (N-methyl/N-ethyl adjacent to an activating group) is 1. The van der Waals surface area contributed by atoms with Crippen LogP contribution in [0.25, 0.3) is 0 Å². The highest BCUT2D eigenvalue weighted by Crippen LogP contribution is 2.25. The fourth-order valence-corrected chi connectivity index (χ4v) is 2.69. The Kier molecular flexibility index (Phi) is 4.77. The van der Waals surface area contributed by atoms with Crippen molar-refractivity contribution in [3.63, 3.8) is 0 Å². The largest absolute Gasteiger partial charge is 0.310 e. The number of hydrogen-bond acceptors (Lipinski definition) is 3. The standard InChI is InChI=1S/C14H15F3N2S/c1-3-18-12(6-9-7-20-8(2)19-9)10-4-5-11(15)14(17)13(10)16/h4-5,7,12,18H,3,6H2,1-2H3. The minimum atomic E-state index is -1.43. The maximum Gasteiger partial charge on any atom is 0.194 e. The predicted molar refractivity (Wildman–Crippen MR) is 73.3 cm³/mol. The van der Waals surface area contributed by atoms with E-state index >= 15 is 0 Å². The Morgan fingerprint density at radius 3 is 2.60 bits per heavy atom. The van der Waals surface area contributed by atoms with Gasteiger partial charge in [0.15, 0.2) is 17.5 Å². The van der Waals surface area contributed by atoms with Crippen molar-refractivity contribution in [3.05, 3.63) is 51.2 Å². The molecule has 0 fully saturated rings. The molecule has 0 spiro atoms. The molecule has 0 amide bonds. The molecule has 2 rings (SSSR count). The highest BCUT2D eigenvalue weighted by molar-refractivity contribution is 7.09. The number of aromatic nitrogens is 1. The molecule has 0 aliphatic heterocycles. The molecule has 0 aliphatic rings. The molecule has 1 atom stereocenters. The molecule has 0 saturated carbocycles. The van der Waals surface area contributed by atoms with Crippen molar-refractivity contribution in [1.29, 1.82) is 0 Å². The van der Waals surface area contributed by atoms with Gasteiger partial charge in [-0.05, 0) is 19.5 Å². The SMILES string of the molecule is CCNC(Cc1csc(C)n1)c1ccc(F)c(F)c1F. The van der Waals surface area contributed by atoms with Crippen LogP contribution in [0.2, 0.25) is 0 Å². The Bertz CT molecular complexity index is 598. The third-order valence-corrected chi connectivity index (χ3v) is 3.79. The number of nitrogens with one attached hydrogen (secondary N) is 1. The summed E-state index contributed by atoms with van der Waals surface area (Å²) in [7, 11) is 0. The van der Waals surface area contributed by atoms with Crippen LogP contribution in [0, 0.1) is 24.4 Å². The first-order chi connectivity index (χ1) is 9.52. The second kappa shape index (κ2) is 6.37. The van der Waals surface area contributed by atoms with Gasteiger partial charge in [0.05, 0.1) is 10.7 Å². The fourth-order valence-electron chi connectivity index (χ4n) is 2.06. The van der Waals surface area contributed by atoms with Crippen LogP contribution in [-0.4, -0.2) is 11.5 Å². The first-order valence-corrected chi connectivity index (χ1v) is 7.18. The molecule has 1 N–H and O–H groups in total. The van der Waals surface area contributed by atoms with Gasteiger partial charge in [-0.25, -0.2) is 18.2 Å². The second-order valence-electron chi connectivity index (χ2n) is 4.44. The van der Waals surface area contributed by atoms with E-state index < -0.39 is 23.5 Å². The van der Waals surface area contributed by atoms with E-state index in [1.165, 1.54) is 17.4 Å². The summed E-state index contributed by atoms with van der Waals surface area (Å²) in [6, 6.07) is 1.79. The first-order valence-electron chi connectivity index (χ1n) is 6.30. The van der Waals surface area contributed by atoms with Crippen LogP contribution in [0.3, 0.4) is 0 Å². The average Bonchev–Trinajstić information content (AvgIpc) is 2.81. The smallest absolute Gasteiger partial charge is 0.194 e. The van der Waals surface area contributed by atoms with Gasteiger partial charge in [0.2, 0.25) is 0 Å². The topological polar surface area (TPSA) is 24.9 Å². The molecular formula is C14H15F3N2S. The predicted octanol–water partition coefficient (Wildman–Crippen LogP) is 3.76. The molecule has 108 valence electrons. The lowest BCUT2D eigenvalue weighted by atomic mass is 10.0. The molecule has 0 bridgehead atoms. The highest BCUT2D eigenvalue weighted by atomic mass is 32.1. The maximum absolute atomic E-state index is 13.9. The zero-order valence-electron chi connectivity index (χ0n) is 11.2. The first kappa shape index (κ1) is 15.0. The van der Waals surface area contributed by atoms with E-state index in [4.69, 9.17) is 0 Å². The Hall–Kier alpha value is -1.40. The van der Waals surface area contributed by atoms with Gasteiger partial charge in [-0.2, -0.15) is 0 Å². The molecule has 1 heterocycles.